The maximum Gasteiger partial charge on any atom is 0.360 e. The number of hydrogen-bond acceptors (Lipinski definition) is 4. The number of nitrogen functional groups attached to an aromatic ring is 1. The first-order valence-corrected chi connectivity index (χ1v) is 6.65. The molecule has 0 radical (unpaired) electrons. The van der Waals surface area contributed by atoms with E-state index >= 15 is 0 Å². The van der Waals surface area contributed by atoms with Gasteiger partial charge in [0.15, 0.2) is 5.69 Å². The van der Waals surface area contributed by atoms with E-state index in [1.165, 1.54) is 7.11 Å². The van der Waals surface area contributed by atoms with Gasteiger partial charge in [0.05, 0.1) is 7.11 Å². The second kappa shape index (κ2) is 5.63. The summed E-state index contributed by atoms with van der Waals surface area (Å²) in [5.74, 6) is 1.17. The van der Waals surface area contributed by atoms with Crippen LogP contribution in [-0.4, -0.2) is 22.6 Å². The Kier molecular flexibility index (Phi) is 4.61. The van der Waals surface area contributed by atoms with Gasteiger partial charge in [-0.2, -0.15) is 0 Å². The summed E-state index contributed by atoms with van der Waals surface area (Å²) >= 11 is 0. The molecule has 19 heavy (non-hydrogen) atoms. The van der Waals surface area contributed by atoms with E-state index in [4.69, 9.17) is 10.5 Å². The van der Waals surface area contributed by atoms with Gasteiger partial charge in [0.2, 0.25) is 0 Å². The summed E-state index contributed by atoms with van der Waals surface area (Å²) in [5, 5.41) is 0. The minimum atomic E-state index is -0.477. The Balaban J connectivity index is 3.13. The number of methoxy groups -OCH3 is 1. The van der Waals surface area contributed by atoms with Gasteiger partial charge >= 0.3 is 5.97 Å². The molecule has 1 rings (SSSR count). The number of nitrogens with two attached hydrogens (primary N) is 1. The molecule has 1 unspecified atom stereocenters. The van der Waals surface area contributed by atoms with Gasteiger partial charge in [0.1, 0.15) is 11.6 Å². The molecule has 108 valence electrons. The number of imidazole rings is 1. The van der Waals surface area contributed by atoms with Crippen LogP contribution in [0.2, 0.25) is 0 Å². The zero-order valence-electron chi connectivity index (χ0n) is 12.8. The average molecular weight is 267 g/mol. The van der Waals surface area contributed by atoms with E-state index < -0.39 is 5.97 Å². The van der Waals surface area contributed by atoms with Crippen LogP contribution in [0.5, 0.6) is 0 Å². The Morgan fingerprint density at radius 2 is 2.05 bits per heavy atom. The van der Waals surface area contributed by atoms with Crippen molar-refractivity contribution < 1.29 is 9.53 Å². The summed E-state index contributed by atoms with van der Waals surface area (Å²) in [4.78, 5) is 15.9. The number of esters is 1. The molecule has 1 atom stereocenters. The van der Waals surface area contributed by atoms with E-state index in [1.807, 2.05) is 11.5 Å². The highest BCUT2D eigenvalue weighted by Gasteiger charge is 2.25. The third-order valence-electron chi connectivity index (χ3n) is 3.72. The van der Waals surface area contributed by atoms with E-state index in [2.05, 4.69) is 32.7 Å². The third-order valence-corrected chi connectivity index (χ3v) is 3.72. The van der Waals surface area contributed by atoms with Crippen molar-refractivity contribution >= 4 is 11.8 Å². The fraction of sp³-hybridized carbons (Fsp3) is 0.714. The van der Waals surface area contributed by atoms with E-state index in [0.717, 1.165) is 18.8 Å². The lowest BCUT2D eigenvalue weighted by Gasteiger charge is -2.28. The Morgan fingerprint density at radius 3 is 2.47 bits per heavy atom. The predicted molar refractivity (Wildman–Crippen MR) is 76.0 cm³/mol. The summed E-state index contributed by atoms with van der Waals surface area (Å²) in [6, 6.07) is 0. The molecule has 0 bridgehead atoms. The molecular formula is C14H25N3O2. The Hall–Kier alpha value is -1.52. The van der Waals surface area contributed by atoms with Gasteiger partial charge < -0.3 is 15.0 Å². The lowest BCUT2D eigenvalue weighted by molar-refractivity contribution is 0.0595. The van der Waals surface area contributed by atoms with Crippen LogP contribution in [0.15, 0.2) is 0 Å². The number of carbonyl (C=O) groups excluding carboxylic acids is 1. The molecule has 0 spiro atoms. The SMILES string of the molecule is CCc1nc(C(=O)OC)c(N)n1CC(C)C(C)(C)C. The van der Waals surface area contributed by atoms with Crippen LogP contribution in [0.4, 0.5) is 5.82 Å². The molecule has 5 heteroatoms. The second-order valence-corrected chi connectivity index (χ2v) is 5.98. The molecule has 0 saturated heterocycles. The highest BCUT2D eigenvalue weighted by molar-refractivity contribution is 5.92. The first-order valence-electron chi connectivity index (χ1n) is 6.65. The van der Waals surface area contributed by atoms with Crippen molar-refractivity contribution in [3.63, 3.8) is 0 Å². The number of anilines is 1. The molecule has 0 amide bonds. The van der Waals surface area contributed by atoms with Crippen LogP contribution in [0.1, 0.15) is 50.9 Å². The van der Waals surface area contributed by atoms with Crippen molar-refractivity contribution in [2.75, 3.05) is 12.8 Å². The number of aryl methyl sites for hydroxylation is 1. The minimum absolute atomic E-state index is 0.174. The van der Waals surface area contributed by atoms with Crippen molar-refractivity contribution in [1.29, 1.82) is 0 Å². The molecule has 2 N–H and O–H groups in total. The molecule has 0 aliphatic heterocycles. The summed E-state index contributed by atoms with van der Waals surface area (Å²) < 4.78 is 6.64. The van der Waals surface area contributed by atoms with Crippen LogP contribution >= 0.6 is 0 Å². The van der Waals surface area contributed by atoms with Gasteiger partial charge in [-0.3, -0.25) is 0 Å². The summed E-state index contributed by atoms with van der Waals surface area (Å²) in [7, 11) is 1.34. The normalized spacial score (nSPS) is 13.4. The maximum atomic E-state index is 11.6. The van der Waals surface area contributed by atoms with E-state index in [1.54, 1.807) is 0 Å². The molecule has 1 aromatic heterocycles. The Bertz CT molecular complexity index is 458. The average Bonchev–Trinajstić information content (AvgIpc) is 2.64. The fourth-order valence-corrected chi connectivity index (χ4v) is 1.78. The zero-order chi connectivity index (χ0) is 14.8. The molecule has 0 aliphatic rings. The molecule has 0 saturated carbocycles. The van der Waals surface area contributed by atoms with Crippen molar-refractivity contribution in [3.05, 3.63) is 11.5 Å². The Labute approximate surface area is 115 Å². The van der Waals surface area contributed by atoms with Gasteiger partial charge in [-0.05, 0) is 11.3 Å². The predicted octanol–water partition coefficient (Wildman–Crippen LogP) is 2.50. The summed E-state index contributed by atoms with van der Waals surface area (Å²) in [6.07, 6.45) is 0.734. The van der Waals surface area contributed by atoms with Gasteiger partial charge in [-0.25, -0.2) is 9.78 Å². The van der Waals surface area contributed by atoms with Crippen molar-refractivity contribution in [2.45, 2.75) is 47.6 Å². The smallest absolute Gasteiger partial charge is 0.360 e. The zero-order valence-corrected chi connectivity index (χ0v) is 12.8. The number of hydrogen-bond donors (Lipinski definition) is 1. The number of ether oxygens (including phenoxy) is 1. The fourth-order valence-electron chi connectivity index (χ4n) is 1.78. The lowest BCUT2D eigenvalue weighted by Crippen LogP contribution is -2.24. The minimum Gasteiger partial charge on any atom is -0.464 e. The number of carbonyl (C=O) groups is 1. The van der Waals surface area contributed by atoms with Crippen molar-refractivity contribution in [2.24, 2.45) is 11.3 Å². The van der Waals surface area contributed by atoms with Crippen LogP contribution in [0, 0.1) is 11.3 Å². The number of aromatic nitrogens is 2. The van der Waals surface area contributed by atoms with E-state index in [-0.39, 0.29) is 11.1 Å². The largest absolute Gasteiger partial charge is 0.464 e. The van der Waals surface area contributed by atoms with Gasteiger partial charge in [0.25, 0.3) is 0 Å². The standard InChI is InChI=1S/C14H25N3O2/c1-7-10-16-11(13(18)19-6)12(15)17(10)8-9(2)14(3,4)5/h9H,7-8,15H2,1-6H3. The van der Waals surface area contributed by atoms with Gasteiger partial charge in [-0.1, -0.05) is 34.6 Å². The second-order valence-electron chi connectivity index (χ2n) is 5.98. The number of rotatable bonds is 4. The first-order chi connectivity index (χ1) is 8.72. The van der Waals surface area contributed by atoms with E-state index in [9.17, 15) is 4.79 Å². The molecule has 1 aromatic rings. The molecular weight excluding hydrogens is 242 g/mol. The van der Waals surface area contributed by atoms with Gasteiger partial charge in [-0.15, -0.1) is 0 Å². The van der Waals surface area contributed by atoms with Gasteiger partial charge in [0, 0.05) is 13.0 Å². The summed E-state index contributed by atoms with van der Waals surface area (Å²) in [6.45, 7) is 11.5. The highest BCUT2D eigenvalue weighted by atomic mass is 16.5. The monoisotopic (exact) mass is 267 g/mol. The van der Waals surface area contributed by atoms with Crippen molar-refractivity contribution in [3.8, 4) is 0 Å². The molecule has 0 aromatic carbocycles. The summed E-state index contributed by atoms with van der Waals surface area (Å²) in [5.41, 5.74) is 6.44. The molecule has 5 nitrogen and oxygen atoms in total. The molecule has 0 fully saturated rings. The third kappa shape index (κ3) is 3.28. The van der Waals surface area contributed by atoms with Crippen LogP contribution in [0.25, 0.3) is 0 Å². The molecule has 1 heterocycles. The highest BCUT2D eigenvalue weighted by Crippen LogP contribution is 2.29. The van der Waals surface area contributed by atoms with Crippen LogP contribution in [0.3, 0.4) is 0 Å². The lowest BCUT2D eigenvalue weighted by atomic mass is 9.82. The van der Waals surface area contributed by atoms with Crippen LogP contribution in [-0.2, 0) is 17.7 Å². The number of nitrogens with zero attached hydrogens (tertiary/aromatic N) is 2. The first kappa shape index (κ1) is 15.5. The quantitative estimate of drug-likeness (QED) is 0.851. The Morgan fingerprint density at radius 1 is 1.47 bits per heavy atom. The van der Waals surface area contributed by atoms with Crippen LogP contribution < -0.4 is 5.73 Å². The molecule has 0 aliphatic carbocycles. The van der Waals surface area contributed by atoms with Crippen molar-refractivity contribution in [1.82, 2.24) is 9.55 Å². The van der Waals surface area contributed by atoms with E-state index in [0.29, 0.717) is 11.7 Å². The maximum absolute atomic E-state index is 11.6. The topological polar surface area (TPSA) is 70.1 Å².